The molecule has 2 aliphatic rings. The summed E-state index contributed by atoms with van der Waals surface area (Å²) in [5, 5.41) is 13.7. The summed E-state index contributed by atoms with van der Waals surface area (Å²) < 4.78 is 7.53. The molecule has 8 heteroatoms. The van der Waals surface area contributed by atoms with E-state index in [-0.39, 0.29) is 5.75 Å². The third kappa shape index (κ3) is 6.81. The first-order valence-corrected chi connectivity index (χ1v) is 15.3. The Labute approximate surface area is 255 Å². The molecule has 4 aromatic rings. The molecule has 8 nitrogen and oxygen atoms in total. The summed E-state index contributed by atoms with van der Waals surface area (Å²) in [5.41, 5.74) is 6.49. The second kappa shape index (κ2) is 13.8. The van der Waals surface area contributed by atoms with Crippen molar-refractivity contribution in [2.24, 2.45) is 4.99 Å². The van der Waals surface area contributed by atoms with Crippen molar-refractivity contribution in [1.29, 1.82) is 0 Å². The maximum absolute atomic E-state index is 10.0. The Hall–Kier alpha value is -3.62. The number of piperazine rings is 1. The summed E-state index contributed by atoms with van der Waals surface area (Å²) in [6.07, 6.45) is 14.6. The molecule has 223 valence electrons. The third-order valence-corrected chi connectivity index (χ3v) is 8.38. The van der Waals surface area contributed by atoms with Gasteiger partial charge in [-0.2, -0.15) is 0 Å². The van der Waals surface area contributed by atoms with Crippen LogP contribution in [0.3, 0.4) is 0 Å². The number of fused-ring (bicyclic) bond motifs is 3. The van der Waals surface area contributed by atoms with Gasteiger partial charge in [0.15, 0.2) is 5.82 Å². The summed E-state index contributed by atoms with van der Waals surface area (Å²) in [6.45, 7) is 10.3. The lowest BCUT2D eigenvalue weighted by Crippen LogP contribution is -2.47. The topological polar surface area (TPSA) is 77.6 Å². The lowest BCUT2D eigenvalue weighted by atomic mass is 9.95. The van der Waals surface area contributed by atoms with Gasteiger partial charge < -0.3 is 29.4 Å². The molecular formula is C35H41N6O2. The van der Waals surface area contributed by atoms with Crippen LogP contribution in [0.25, 0.3) is 16.6 Å². The molecule has 0 spiro atoms. The largest absolute Gasteiger partial charge is 0.507 e. The highest BCUT2D eigenvalue weighted by molar-refractivity contribution is 5.89. The Morgan fingerprint density at radius 3 is 2.51 bits per heavy atom. The molecule has 1 aliphatic heterocycles. The Kier molecular flexibility index (Phi) is 9.44. The zero-order valence-corrected chi connectivity index (χ0v) is 25.2. The summed E-state index contributed by atoms with van der Waals surface area (Å²) in [7, 11) is 1.62. The number of methoxy groups -OCH3 is 1. The van der Waals surface area contributed by atoms with Crippen LogP contribution in [0.15, 0.2) is 53.7 Å². The van der Waals surface area contributed by atoms with Crippen LogP contribution in [-0.4, -0.2) is 90.0 Å². The van der Waals surface area contributed by atoms with E-state index in [4.69, 9.17) is 9.72 Å². The number of aromatic nitrogens is 2. The Bertz CT molecular complexity index is 1550. The lowest BCUT2D eigenvalue weighted by molar-refractivity contribution is 0.132. The van der Waals surface area contributed by atoms with Gasteiger partial charge in [-0.25, -0.2) is 4.98 Å². The van der Waals surface area contributed by atoms with Gasteiger partial charge in [0, 0.05) is 63.2 Å². The number of nitrogens with zero attached hydrogens (tertiary/aromatic N) is 5. The molecule has 1 saturated carbocycles. The quantitative estimate of drug-likeness (QED) is 0.178. The van der Waals surface area contributed by atoms with Crippen LogP contribution >= 0.6 is 0 Å². The maximum Gasteiger partial charge on any atom is 0.151 e. The number of aryl methyl sites for hydroxylation is 1. The number of benzene rings is 2. The van der Waals surface area contributed by atoms with E-state index in [2.05, 4.69) is 87.6 Å². The van der Waals surface area contributed by atoms with E-state index in [1.807, 2.05) is 0 Å². The highest BCUT2D eigenvalue weighted by Gasteiger charge is 2.26. The fraction of sp³-hybridized carbons (Fsp3) is 0.343. The summed E-state index contributed by atoms with van der Waals surface area (Å²) >= 11 is 0. The lowest BCUT2D eigenvalue weighted by Gasteiger charge is -2.34. The predicted molar refractivity (Wildman–Crippen MR) is 175 cm³/mol. The van der Waals surface area contributed by atoms with E-state index in [0.717, 1.165) is 93.3 Å². The van der Waals surface area contributed by atoms with E-state index < -0.39 is 0 Å². The molecule has 2 aromatic carbocycles. The standard InChI is InChI=1S/C35H41N6O2/c1-26-25-41-31-12-6-5-11-30(31)38-35(34(41)33(26)27-9-3-4-10-27)37-16-8-18-40-21-19-39(20-22-40)17-7-15-36-24-28-23-29(43-2)13-14-32(28)42/h3-6,9-14,23-25,42H,7-8,15-22H2,1-2H3,(H,37,38). The zero-order chi connectivity index (χ0) is 29.6. The highest BCUT2D eigenvalue weighted by atomic mass is 16.5. The number of hydrogen-bond acceptors (Lipinski definition) is 7. The van der Waals surface area contributed by atoms with E-state index >= 15 is 0 Å². The van der Waals surface area contributed by atoms with Gasteiger partial charge in [-0.05, 0) is 100.0 Å². The number of hydrogen-bond donors (Lipinski definition) is 2. The molecule has 0 amide bonds. The number of anilines is 1. The first-order valence-electron chi connectivity index (χ1n) is 15.3. The second-order valence-corrected chi connectivity index (χ2v) is 11.3. The van der Waals surface area contributed by atoms with Crippen molar-refractivity contribution in [2.75, 3.05) is 64.8 Å². The monoisotopic (exact) mass is 577 g/mol. The minimum atomic E-state index is 0.223. The van der Waals surface area contributed by atoms with Crippen LogP contribution in [0.1, 0.15) is 29.5 Å². The van der Waals surface area contributed by atoms with Crippen molar-refractivity contribution in [3.63, 3.8) is 0 Å². The first kappa shape index (κ1) is 29.5. The molecule has 1 aliphatic carbocycles. The molecule has 3 heterocycles. The van der Waals surface area contributed by atoms with Gasteiger partial charge in [-0.3, -0.25) is 4.99 Å². The van der Waals surface area contributed by atoms with Crippen LogP contribution in [0.5, 0.6) is 11.5 Å². The van der Waals surface area contributed by atoms with Crippen LogP contribution in [0.2, 0.25) is 0 Å². The molecule has 0 bridgehead atoms. The second-order valence-electron chi connectivity index (χ2n) is 11.3. The fourth-order valence-corrected chi connectivity index (χ4v) is 6.07. The average molecular weight is 578 g/mol. The Morgan fingerprint density at radius 1 is 1.00 bits per heavy atom. The van der Waals surface area contributed by atoms with Gasteiger partial charge in [-0.1, -0.05) is 12.1 Å². The summed E-state index contributed by atoms with van der Waals surface area (Å²) in [4.78, 5) is 14.7. The number of rotatable bonds is 12. The third-order valence-electron chi connectivity index (χ3n) is 8.38. The van der Waals surface area contributed by atoms with E-state index in [9.17, 15) is 5.11 Å². The molecule has 2 aromatic heterocycles. The number of phenols is 1. The van der Waals surface area contributed by atoms with Gasteiger partial charge in [-0.15, -0.1) is 0 Å². The molecule has 1 saturated heterocycles. The number of phenolic OH excluding ortho intramolecular Hbond substituents is 1. The van der Waals surface area contributed by atoms with Crippen molar-refractivity contribution in [3.05, 3.63) is 97.0 Å². The average Bonchev–Trinajstić information content (AvgIpc) is 3.68. The minimum absolute atomic E-state index is 0.223. The van der Waals surface area contributed by atoms with E-state index in [1.165, 1.54) is 17.0 Å². The van der Waals surface area contributed by atoms with Gasteiger partial charge in [0.2, 0.25) is 0 Å². The zero-order valence-electron chi connectivity index (χ0n) is 25.2. The van der Waals surface area contributed by atoms with Crippen molar-refractivity contribution < 1.29 is 9.84 Å². The van der Waals surface area contributed by atoms with Crippen molar-refractivity contribution in [2.45, 2.75) is 19.8 Å². The van der Waals surface area contributed by atoms with Gasteiger partial charge >= 0.3 is 0 Å². The van der Waals surface area contributed by atoms with Gasteiger partial charge in [0.05, 0.1) is 23.7 Å². The van der Waals surface area contributed by atoms with Crippen LogP contribution in [0, 0.1) is 38.5 Å². The van der Waals surface area contributed by atoms with Crippen molar-refractivity contribution in [3.8, 4) is 11.5 Å². The molecular weight excluding hydrogens is 536 g/mol. The number of aliphatic imine (C=N–C) groups is 1. The van der Waals surface area contributed by atoms with Crippen LogP contribution < -0.4 is 10.1 Å². The van der Waals surface area contributed by atoms with Crippen LogP contribution in [-0.2, 0) is 0 Å². The Morgan fingerprint density at radius 2 is 1.74 bits per heavy atom. The maximum atomic E-state index is 10.0. The molecule has 6 rings (SSSR count). The predicted octanol–water partition coefficient (Wildman–Crippen LogP) is 5.19. The van der Waals surface area contributed by atoms with Crippen LogP contribution in [0.4, 0.5) is 5.82 Å². The van der Waals surface area contributed by atoms with Gasteiger partial charge in [0.25, 0.3) is 0 Å². The fourth-order valence-electron chi connectivity index (χ4n) is 6.07. The van der Waals surface area contributed by atoms with Crippen molar-refractivity contribution >= 4 is 28.6 Å². The number of aromatic hydroxyl groups is 1. The molecule has 5 radical (unpaired) electrons. The smallest absolute Gasteiger partial charge is 0.151 e. The number of nitrogens with one attached hydrogen (secondary N) is 1. The molecule has 0 atom stereocenters. The van der Waals surface area contributed by atoms with E-state index in [0.29, 0.717) is 5.56 Å². The van der Waals surface area contributed by atoms with Gasteiger partial charge in [0.1, 0.15) is 11.5 Å². The Balaban J connectivity index is 0.970. The molecule has 43 heavy (non-hydrogen) atoms. The first-order chi connectivity index (χ1) is 21.1. The summed E-state index contributed by atoms with van der Waals surface area (Å²) in [5.74, 6) is 3.13. The molecule has 2 N–H and O–H groups in total. The highest BCUT2D eigenvalue weighted by Crippen LogP contribution is 2.39. The number of ether oxygens (including phenoxy) is 1. The number of para-hydroxylation sites is 2. The summed E-state index contributed by atoms with van der Waals surface area (Å²) in [6, 6.07) is 13.6. The molecule has 2 fully saturated rings. The molecule has 0 unspecified atom stereocenters. The van der Waals surface area contributed by atoms with E-state index in [1.54, 1.807) is 31.5 Å². The minimum Gasteiger partial charge on any atom is -0.507 e. The van der Waals surface area contributed by atoms with Crippen molar-refractivity contribution in [1.82, 2.24) is 19.2 Å². The SMILES string of the molecule is COc1ccc(O)c(C=NCCCN2CCN(CCCNc3nc4ccccc4n4cc(C)c([C]5[CH][CH][CH][CH]5)c34)CC2)c1. The normalized spacial score (nSPS) is 17.1.